The minimum absolute atomic E-state index is 0.304. The summed E-state index contributed by atoms with van der Waals surface area (Å²) in [5.41, 5.74) is 0. The van der Waals surface area contributed by atoms with Gasteiger partial charge < -0.3 is 10.2 Å². The quantitative estimate of drug-likeness (QED) is 0.544. The molecule has 0 spiro atoms. The first kappa shape index (κ1) is 16.3. The third-order valence-electron chi connectivity index (χ3n) is 2.26. The SMILES string of the molecule is CCCCN(C)S(=O)(=O)NC(C(=O)O)C(C)O. The highest BCUT2D eigenvalue weighted by Gasteiger charge is 2.30. The maximum atomic E-state index is 11.7. The van der Waals surface area contributed by atoms with Gasteiger partial charge in [0.05, 0.1) is 6.10 Å². The Balaban J connectivity index is 4.66. The van der Waals surface area contributed by atoms with Crippen LogP contribution in [0, 0.1) is 0 Å². The van der Waals surface area contributed by atoms with Crippen molar-refractivity contribution in [3.63, 3.8) is 0 Å². The second kappa shape index (κ2) is 6.90. The summed E-state index contributed by atoms with van der Waals surface area (Å²) >= 11 is 0. The van der Waals surface area contributed by atoms with Gasteiger partial charge in [-0.05, 0) is 13.3 Å². The minimum atomic E-state index is -3.88. The zero-order valence-electron chi connectivity index (χ0n) is 10.3. The Morgan fingerprint density at radius 2 is 2.00 bits per heavy atom. The normalized spacial score (nSPS) is 15.8. The van der Waals surface area contributed by atoms with Crippen LogP contribution in [0.5, 0.6) is 0 Å². The van der Waals surface area contributed by atoms with Crippen LogP contribution in [0.1, 0.15) is 26.7 Å². The number of carboxylic acid groups (broad SMARTS) is 1. The molecule has 2 unspecified atom stereocenters. The number of nitrogens with zero attached hydrogens (tertiary/aromatic N) is 1. The van der Waals surface area contributed by atoms with E-state index in [1.54, 1.807) is 0 Å². The number of aliphatic hydroxyl groups is 1. The van der Waals surface area contributed by atoms with Crippen LogP contribution in [-0.4, -0.2) is 54.6 Å². The highest BCUT2D eigenvalue weighted by Crippen LogP contribution is 2.02. The zero-order valence-corrected chi connectivity index (χ0v) is 11.1. The standard InChI is InChI=1S/C9H20N2O5S/c1-4-5-6-11(3)17(15,16)10-8(7(2)12)9(13)14/h7-8,10,12H,4-6H2,1-3H3,(H,13,14). The summed E-state index contributed by atoms with van der Waals surface area (Å²) in [4.78, 5) is 10.7. The molecule has 0 rings (SSSR count). The van der Waals surface area contributed by atoms with Gasteiger partial charge in [0, 0.05) is 13.6 Å². The first-order valence-electron chi connectivity index (χ1n) is 5.36. The summed E-state index contributed by atoms with van der Waals surface area (Å²) in [5, 5.41) is 17.9. The van der Waals surface area contributed by atoms with Gasteiger partial charge in [-0.15, -0.1) is 0 Å². The minimum Gasteiger partial charge on any atom is -0.480 e. The molecule has 3 N–H and O–H groups in total. The van der Waals surface area contributed by atoms with Gasteiger partial charge in [0.2, 0.25) is 0 Å². The molecule has 8 heteroatoms. The number of hydrogen-bond acceptors (Lipinski definition) is 4. The Kier molecular flexibility index (Phi) is 6.61. The second-order valence-electron chi connectivity index (χ2n) is 3.85. The molecule has 7 nitrogen and oxygen atoms in total. The van der Waals surface area contributed by atoms with Gasteiger partial charge in [-0.25, -0.2) is 0 Å². The number of aliphatic hydroxyl groups excluding tert-OH is 1. The van der Waals surface area contributed by atoms with E-state index in [1.807, 2.05) is 11.6 Å². The topological polar surface area (TPSA) is 107 Å². The van der Waals surface area contributed by atoms with Crippen LogP contribution >= 0.6 is 0 Å². The zero-order chi connectivity index (χ0) is 13.6. The lowest BCUT2D eigenvalue weighted by molar-refractivity contribution is -0.141. The lowest BCUT2D eigenvalue weighted by atomic mass is 10.2. The van der Waals surface area contributed by atoms with Crippen molar-refractivity contribution in [3.05, 3.63) is 0 Å². The fourth-order valence-corrected chi connectivity index (χ4v) is 2.27. The molecule has 0 aromatic rings. The molecule has 2 atom stereocenters. The molecular formula is C9H20N2O5S. The van der Waals surface area contributed by atoms with Gasteiger partial charge in [0.15, 0.2) is 0 Å². The molecule has 0 saturated carbocycles. The smallest absolute Gasteiger partial charge is 0.324 e. The maximum Gasteiger partial charge on any atom is 0.324 e. The molecule has 0 heterocycles. The number of unbranched alkanes of at least 4 members (excludes halogenated alkanes) is 1. The maximum absolute atomic E-state index is 11.7. The Labute approximate surface area is 102 Å². The van der Waals surface area contributed by atoms with Crippen LogP contribution in [-0.2, 0) is 15.0 Å². The van der Waals surface area contributed by atoms with Crippen molar-refractivity contribution in [3.8, 4) is 0 Å². The van der Waals surface area contributed by atoms with Gasteiger partial charge in [-0.2, -0.15) is 17.4 Å². The average molecular weight is 268 g/mol. The molecule has 0 radical (unpaired) electrons. The van der Waals surface area contributed by atoms with Crippen LogP contribution in [0.3, 0.4) is 0 Å². The average Bonchev–Trinajstić information content (AvgIpc) is 2.21. The van der Waals surface area contributed by atoms with Crippen molar-refractivity contribution in [2.45, 2.75) is 38.8 Å². The number of rotatable bonds is 8. The molecule has 0 amide bonds. The molecule has 0 saturated heterocycles. The van der Waals surface area contributed by atoms with Crippen molar-refractivity contribution >= 4 is 16.2 Å². The van der Waals surface area contributed by atoms with E-state index in [1.165, 1.54) is 14.0 Å². The Hall–Kier alpha value is -0.700. The number of carbonyl (C=O) groups is 1. The Morgan fingerprint density at radius 1 is 1.47 bits per heavy atom. The van der Waals surface area contributed by atoms with E-state index in [4.69, 9.17) is 5.11 Å². The van der Waals surface area contributed by atoms with E-state index < -0.39 is 28.3 Å². The van der Waals surface area contributed by atoms with Gasteiger partial charge >= 0.3 is 5.97 Å². The Bertz CT molecular complexity index is 341. The summed E-state index contributed by atoms with van der Waals surface area (Å²) in [6.45, 7) is 3.44. The molecule has 17 heavy (non-hydrogen) atoms. The lowest BCUT2D eigenvalue weighted by Gasteiger charge is -2.22. The van der Waals surface area contributed by atoms with Crippen LogP contribution in [0.25, 0.3) is 0 Å². The Morgan fingerprint density at radius 3 is 2.35 bits per heavy atom. The van der Waals surface area contributed by atoms with E-state index in [0.29, 0.717) is 13.0 Å². The van der Waals surface area contributed by atoms with Crippen molar-refractivity contribution in [1.29, 1.82) is 0 Å². The summed E-state index contributed by atoms with van der Waals surface area (Å²) in [6.07, 6.45) is 0.212. The van der Waals surface area contributed by atoms with Gasteiger partial charge in [-0.1, -0.05) is 13.3 Å². The molecule has 0 aliphatic heterocycles. The molecule has 0 aromatic carbocycles. The third kappa shape index (κ3) is 5.44. The van der Waals surface area contributed by atoms with E-state index in [0.717, 1.165) is 10.7 Å². The van der Waals surface area contributed by atoms with E-state index in [9.17, 15) is 18.3 Å². The summed E-state index contributed by atoms with van der Waals surface area (Å²) in [7, 11) is -2.52. The number of carboxylic acids is 1. The molecule has 0 aliphatic rings. The molecule has 102 valence electrons. The molecule has 0 aromatic heterocycles. The highest BCUT2D eigenvalue weighted by atomic mass is 32.2. The van der Waals surface area contributed by atoms with Crippen LogP contribution < -0.4 is 4.72 Å². The van der Waals surface area contributed by atoms with E-state index >= 15 is 0 Å². The predicted octanol–water partition coefficient (Wildman–Crippen LogP) is -0.613. The largest absolute Gasteiger partial charge is 0.480 e. The first-order chi connectivity index (χ1) is 7.72. The van der Waals surface area contributed by atoms with Gasteiger partial charge in [0.25, 0.3) is 10.2 Å². The summed E-state index contributed by atoms with van der Waals surface area (Å²) < 4.78 is 26.4. The number of aliphatic carboxylic acids is 1. The molecular weight excluding hydrogens is 248 g/mol. The van der Waals surface area contributed by atoms with Crippen LogP contribution in [0.15, 0.2) is 0 Å². The van der Waals surface area contributed by atoms with Crippen molar-refractivity contribution in [2.24, 2.45) is 0 Å². The summed E-state index contributed by atoms with van der Waals surface area (Å²) in [5.74, 6) is -1.41. The second-order valence-corrected chi connectivity index (χ2v) is 5.66. The molecule has 0 bridgehead atoms. The number of hydrogen-bond donors (Lipinski definition) is 3. The highest BCUT2D eigenvalue weighted by molar-refractivity contribution is 7.87. The third-order valence-corrected chi connectivity index (χ3v) is 3.82. The lowest BCUT2D eigenvalue weighted by Crippen LogP contribution is -2.51. The first-order valence-corrected chi connectivity index (χ1v) is 6.80. The molecule has 0 aliphatic carbocycles. The van der Waals surface area contributed by atoms with Gasteiger partial charge in [0.1, 0.15) is 6.04 Å². The fourth-order valence-electron chi connectivity index (χ4n) is 1.11. The van der Waals surface area contributed by atoms with Crippen LogP contribution in [0.4, 0.5) is 0 Å². The summed E-state index contributed by atoms with van der Waals surface area (Å²) in [6, 6.07) is -1.54. The predicted molar refractivity (Wildman–Crippen MR) is 62.7 cm³/mol. The van der Waals surface area contributed by atoms with Crippen molar-refractivity contribution in [1.82, 2.24) is 9.03 Å². The van der Waals surface area contributed by atoms with Crippen molar-refractivity contribution in [2.75, 3.05) is 13.6 Å². The monoisotopic (exact) mass is 268 g/mol. The van der Waals surface area contributed by atoms with Gasteiger partial charge in [-0.3, -0.25) is 4.79 Å². The van der Waals surface area contributed by atoms with Crippen molar-refractivity contribution < 1.29 is 23.4 Å². The molecule has 0 fully saturated rings. The van der Waals surface area contributed by atoms with Crippen LogP contribution in [0.2, 0.25) is 0 Å². The fraction of sp³-hybridized carbons (Fsp3) is 0.889. The van der Waals surface area contributed by atoms with E-state index in [-0.39, 0.29) is 0 Å². The number of nitrogens with one attached hydrogen (secondary N) is 1. The van der Waals surface area contributed by atoms with E-state index in [2.05, 4.69) is 0 Å².